The Labute approximate surface area is 177 Å². The van der Waals surface area contributed by atoms with E-state index >= 15 is 0 Å². The smallest absolute Gasteiger partial charge is 0.263 e. The monoisotopic (exact) mass is 420 g/mol. The summed E-state index contributed by atoms with van der Waals surface area (Å²) in [6.45, 7) is 1.70. The van der Waals surface area contributed by atoms with E-state index in [9.17, 15) is 4.79 Å². The molecule has 2 aromatic carbocycles. The number of carbonyl (C=O) groups excluding carboxylic acids is 1. The van der Waals surface area contributed by atoms with Crippen LogP contribution in [0, 0.1) is 6.92 Å². The van der Waals surface area contributed by atoms with Gasteiger partial charge in [0.1, 0.15) is 11.7 Å². The molecular weight excluding hydrogens is 404 g/mol. The molecule has 2 heterocycles. The molecular formula is C20H17ClN8O. The number of carbonyl (C=O) groups is 1. The third-order valence-electron chi connectivity index (χ3n) is 4.20. The molecule has 0 aliphatic carbocycles. The Morgan fingerprint density at radius 2 is 1.80 bits per heavy atom. The number of hydrogen-bond acceptors (Lipinski definition) is 6. The average molecular weight is 421 g/mol. The summed E-state index contributed by atoms with van der Waals surface area (Å²) in [7, 11) is 0. The standard InChI is InChI=1S/C20H17ClN8O/c1-14-17(19(21)29(25-14)16-10-6-3-7-11-16)12-22-23-18(30)13-28-26-20(24-27-28)15-8-4-2-5-9-15/h2-12H,13H2,1H3,(H,23,30)/b22-12+. The van der Waals surface area contributed by atoms with Crippen molar-refractivity contribution in [2.45, 2.75) is 13.5 Å². The first-order valence-electron chi connectivity index (χ1n) is 9.07. The summed E-state index contributed by atoms with van der Waals surface area (Å²) in [5.74, 6) is 0.0510. The number of amides is 1. The topological polar surface area (TPSA) is 103 Å². The van der Waals surface area contributed by atoms with Crippen molar-refractivity contribution in [1.82, 2.24) is 35.4 Å². The number of tetrazole rings is 1. The Balaban J connectivity index is 1.40. The second-order valence-corrected chi connectivity index (χ2v) is 6.70. The molecule has 2 aromatic heterocycles. The van der Waals surface area contributed by atoms with Gasteiger partial charge in [0.25, 0.3) is 5.91 Å². The second kappa shape index (κ2) is 8.66. The predicted octanol–water partition coefficient (Wildman–Crippen LogP) is 2.64. The van der Waals surface area contributed by atoms with Gasteiger partial charge in [0, 0.05) is 5.56 Å². The minimum Gasteiger partial charge on any atom is -0.271 e. The van der Waals surface area contributed by atoms with E-state index in [1.165, 1.54) is 11.0 Å². The van der Waals surface area contributed by atoms with E-state index in [1.807, 2.05) is 67.6 Å². The molecule has 9 nitrogen and oxygen atoms in total. The number of nitrogens with zero attached hydrogens (tertiary/aromatic N) is 7. The Kier molecular flexibility index (Phi) is 5.62. The van der Waals surface area contributed by atoms with Crippen LogP contribution in [0.4, 0.5) is 0 Å². The Bertz CT molecular complexity index is 1180. The highest BCUT2D eigenvalue weighted by Gasteiger charge is 2.13. The van der Waals surface area contributed by atoms with Crippen molar-refractivity contribution >= 4 is 23.7 Å². The van der Waals surface area contributed by atoms with Crippen molar-refractivity contribution in [2.24, 2.45) is 5.10 Å². The zero-order chi connectivity index (χ0) is 20.9. The summed E-state index contributed by atoms with van der Waals surface area (Å²) in [6, 6.07) is 18.9. The first-order chi connectivity index (χ1) is 14.6. The summed E-state index contributed by atoms with van der Waals surface area (Å²) in [6.07, 6.45) is 1.46. The van der Waals surface area contributed by atoms with E-state index in [1.54, 1.807) is 4.68 Å². The van der Waals surface area contributed by atoms with Crippen molar-refractivity contribution < 1.29 is 4.79 Å². The summed E-state index contributed by atoms with van der Waals surface area (Å²) >= 11 is 6.43. The van der Waals surface area contributed by atoms with Crippen molar-refractivity contribution in [3.63, 3.8) is 0 Å². The van der Waals surface area contributed by atoms with Crippen molar-refractivity contribution in [3.8, 4) is 17.1 Å². The third kappa shape index (κ3) is 4.26. The fourth-order valence-electron chi connectivity index (χ4n) is 2.74. The van der Waals surface area contributed by atoms with Crippen LogP contribution in [-0.2, 0) is 11.3 Å². The van der Waals surface area contributed by atoms with Gasteiger partial charge in [-0.1, -0.05) is 60.1 Å². The lowest BCUT2D eigenvalue weighted by atomic mass is 10.2. The van der Waals surface area contributed by atoms with Gasteiger partial charge < -0.3 is 0 Å². The zero-order valence-corrected chi connectivity index (χ0v) is 16.7. The molecule has 0 fully saturated rings. The lowest BCUT2D eigenvalue weighted by Gasteiger charge is -2.02. The third-order valence-corrected chi connectivity index (χ3v) is 4.57. The van der Waals surface area contributed by atoms with Crippen molar-refractivity contribution in [1.29, 1.82) is 0 Å². The summed E-state index contributed by atoms with van der Waals surface area (Å²) in [4.78, 5) is 13.3. The van der Waals surface area contributed by atoms with E-state index in [2.05, 4.69) is 31.0 Å². The van der Waals surface area contributed by atoms with Gasteiger partial charge in [0.15, 0.2) is 0 Å². The van der Waals surface area contributed by atoms with E-state index in [0.717, 1.165) is 11.3 Å². The van der Waals surface area contributed by atoms with Gasteiger partial charge in [-0.3, -0.25) is 4.79 Å². The highest BCUT2D eigenvalue weighted by Crippen LogP contribution is 2.21. The second-order valence-electron chi connectivity index (χ2n) is 6.34. The highest BCUT2D eigenvalue weighted by atomic mass is 35.5. The average Bonchev–Trinajstić information content (AvgIpc) is 3.34. The van der Waals surface area contributed by atoms with E-state index in [0.29, 0.717) is 22.2 Å². The molecule has 0 aliphatic rings. The SMILES string of the molecule is Cc1nn(-c2ccccc2)c(Cl)c1/C=N/NC(=O)Cn1nnc(-c2ccccc2)n1. The Hall–Kier alpha value is -3.85. The van der Waals surface area contributed by atoms with Gasteiger partial charge in [0.2, 0.25) is 5.82 Å². The first-order valence-corrected chi connectivity index (χ1v) is 9.45. The number of hydrazone groups is 1. The van der Waals surface area contributed by atoms with Gasteiger partial charge in [-0.2, -0.15) is 15.0 Å². The first kappa shape index (κ1) is 19.5. The van der Waals surface area contributed by atoms with Crippen LogP contribution in [0.15, 0.2) is 65.8 Å². The predicted molar refractivity (Wildman–Crippen MR) is 112 cm³/mol. The molecule has 0 saturated heterocycles. The number of benzene rings is 2. The molecule has 0 atom stereocenters. The number of hydrogen-bond donors (Lipinski definition) is 1. The molecule has 10 heteroatoms. The molecule has 0 saturated carbocycles. The molecule has 1 N–H and O–H groups in total. The maximum Gasteiger partial charge on any atom is 0.263 e. The largest absolute Gasteiger partial charge is 0.271 e. The molecule has 4 rings (SSSR count). The number of halogens is 1. The minimum atomic E-state index is -0.396. The molecule has 1 amide bonds. The summed E-state index contributed by atoms with van der Waals surface area (Å²) in [5, 5.41) is 20.9. The van der Waals surface area contributed by atoms with Gasteiger partial charge in [0.05, 0.1) is 23.2 Å². The lowest BCUT2D eigenvalue weighted by Crippen LogP contribution is -2.24. The highest BCUT2D eigenvalue weighted by molar-refractivity contribution is 6.32. The quantitative estimate of drug-likeness (QED) is 0.381. The number of para-hydroxylation sites is 1. The van der Waals surface area contributed by atoms with E-state index in [-0.39, 0.29) is 6.54 Å². The Morgan fingerprint density at radius 3 is 2.53 bits per heavy atom. The van der Waals surface area contributed by atoms with Crippen molar-refractivity contribution in [2.75, 3.05) is 0 Å². The van der Waals surface area contributed by atoms with Crippen LogP contribution in [-0.4, -0.2) is 42.1 Å². The van der Waals surface area contributed by atoms with Gasteiger partial charge in [-0.05, 0) is 24.3 Å². The summed E-state index contributed by atoms with van der Waals surface area (Å²) < 4.78 is 1.62. The van der Waals surface area contributed by atoms with Crippen molar-refractivity contribution in [3.05, 3.63) is 77.1 Å². The molecule has 4 aromatic rings. The van der Waals surface area contributed by atoms with Gasteiger partial charge in [-0.15, -0.1) is 10.2 Å². The number of rotatable bonds is 6. The van der Waals surface area contributed by atoms with Gasteiger partial charge in [-0.25, -0.2) is 10.1 Å². The van der Waals surface area contributed by atoms with Crippen LogP contribution in [0.25, 0.3) is 17.1 Å². The van der Waals surface area contributed by atoms with Crippen LogP contribution in [0.1, 0.15) is 11.3 Å². The Morgan fingerprint density at radius 1 is 1.10 bits per heavy atom. The maximum absolute atomic E-state index is 12.1. The molecule has 0 unspecified atom stereocenters. The zero-order valence-electron chi connectivity index (χ0n) is 16.0. The molecule has 0 spiro atoms. The normalized spacial score (nSPS) is 11.1. The lowest BCUT2D eigenvalue weighted by molar-refractivity contribution is -0.122. The molecule has 0 radical (unpaired) electrons. The molecule has 0 bridgehead atoms. The van der Waals surface area contributed by atoms with E-state index in [4.69, 9.17) is 11.6 Å². The minimum absolute atomic E-state index is 0.118. The van der Waals surface area contributed by atoms with Gasteiger partial charge >= 0.3 is 0 Å². The molecule has 0 aliphatic heterocycles. The fourth-order valence-corrected chi connectivity index (χ4v) is 3.06. The summed E-state index contributed by atoms with van der Waals surface area (Å²) in [5.41, 5.74) is 5.40. The number of aromatic nitrogens is 6. The van der Waals surface area contributed by atoms with E-state index < -0.39 is 5.91 Å². The van der Waals surface area contributed by atoms with Crippen LogP contribution in [0.3, 0.4) is 0 Å². The number of nitrogens with one attached hydrogen (secondary N) is 1. The molecule has 150 valence electrons. The molecule has 30 heavy (non-hydrogen) atoms. The number of aryl methyl sites for hydroxylation is 1. The maximum atomic E-state index is 12.1. The van der Waals surface area contributed by atoms with Crippen LogP contribution < -0.4 is 5.43 Å². The van der Waals surface area contributed by atoms with Crippen LogP contribution in [0.2, 0.25) is 5.15 Å². The fraction of sp³-hybridized carbons (Fsp3) is 0.100. The van der Waals surface area contributed by atoms with Crippen LogP contribution >= 0.6 is 11.6 Å². The van der Waals surface area contributed by atoms with Crippen LogP contribution in [0.5, 0.6) is 0 Å².